The van der Waals surface area contributed by atoms with Gasteiger partial charge < -0.3 is 19.5 Å². The lowest BCUT2D eigenvalue weighted by molar-refractivity contribution is -0.121. The summed E-state index contributed by atoms with van der Waals surface area (Å²) >= 11 is 0. The van der Waals surface area contributed by atoms with E-state index in [0.717, 1.165) is 52.8 Å². The predicted molar refractivity (Wildman–Crippen MR) is 91.1 cm³/mol. The van der Waals surface area contributed by atoms with Gasteiger partial charge in [-0.1, -0.05) is 0 Å². The lowest BCUT2D eigenvalue weighted by Crippen LogP contribution is -2.31. The number of aromatic amines is 1. The monoisotopic (exact) mass is 324 g/mol. The van der Waals surface area contributed by atoms with Crippen molar-refractivity contribution in [3.8, 4) is 5.75 Å². The number of H-pyrrole nitrogens is 1. The summed E-state index contributed by atoms with van der Waals surface area (Å²) in [4.78, 5) is 15.7. The first kappa shape index (κ1) is 14.9. The van der Waals surface area contributed by atoms with Gasteiger partial charge in [0.2, 0.25) is 5.91 Å². The Bertz CT molecular complexity index is 878. The first-order chi connectivity index (χ1) is 11.7. The van der Waals surface area contributed by atoms with Crippen LogP contribution in [0, 0.1) is 0 Å². The van der Waals surface area contributed by atoms with Gasteiger partial charge in [-0.25, -0.2) is 0 Å². The lowest BCUT2D eigenvalue weighted by atomic mass is 9.93. The molecule has 2 heterocycles. The SMILES string of the molecule is COc1ccc2[nH]cc(CC(=O)NC3CCCc4occc43)c2c1. The van der Waals surface area contributed by atoms with Crippen molar-refractivity contribution in [2.24, 2.45) is 0 Å². The van der Waals surface area contributed by atoms with E-state index in [1.54, 1.807) is 13.4 Å². The summed E-state index contributed by atoms with van der Waals surface area (Å²) in [5.41, 5.74) is 3.10. The van der Waals surface area contributed by atoms with E-state index in [0.29, 0.717) is 6.42 Å². The highest BCUT2D eigenvalue weighted by molar-refractivity contribution is 5.89. The molecule has 4 rings (SSSR count). The molecule has 0 radical (unpaired) electrons. The van der Waals surface area contributed by atoms with Gasteiger partial charge in [-0.05, 0) is 42.7 Å². The molecule has 124 valence electrons. The second-order valence-electron chi connectivity index (χ2n) is 6.21. The number of hydrogen-bond acceptors (Lipinski definition) is 3. The lowest BCUT2D eigenvalue weighted by Gasteiger charge is -2.22. The molecule has 0 bridgehead atoms. The molecule has 0 spiro atoms. The van der Waals surface area contributed by atoms with Crippen molar-refractivity contribution < 1.29 is 13.9 Å². The predicted octanol–water partition coefficient (Wildman–Crippen LogP) is 3.51. The fourth-order valence-corrected chi connectivity index (χ4v) is 3.49. The van der Waals surface area contributed by atoms with E-state index >= 15 is 0 Å². The van der Waals surface area contributed by atoms with Crippen LogP contribution in [-0.4, -0.2) is 18.0 Å². The molecule has 5 nitrogen and oxygen atoms in total. The van der Waals surface area contributed by atoms with E-state index in [1.165, 1.54) is 0 Å². The number of amides is 1. The van der Waals surface area contributed by atoms with Crippen LogP contribution in [0.2, 0.25) is 0 Å². The van der Waals surface area contributed by atoms with E-state index in [9.17, 15) is 4.79 Å². The van der Waals surface area contributed by atoms with Gasteiger partial charge in [0.1, 0.15) is 11.5 Å². The summed E-state index contributed by atoms with van der Waals surface area (Å²) in [5, 5.41) is 4.17. The maximum atomic E-state index is 12.5. The number of carbonyl (C=O) groups excluding carboxylic acids is 1. The zero-order valence-corrected chi connectivity index (χ0v) is 13.6. The summed E-state index contributed by atoms with van der Waals surface area (Å²) < 4.78 is 10.8. The van der Waals surface area contributed by atoms with Crippen molar-refractivity contribution in [3.63, 3.8) is 0 Å². The maximum absolute atomic E-state index is 12.5. The molecule has 0 aliphatic heterocycles. The first-order valence-electron chi connectivity index (χ1n) is 8.24. The molecule has 3 aromatic rings. The number of ether oxygens (including phenoxy) is 1. The largest absolute Gasteiger partial charge is 0.497 e. The van der Waals surface area contributed by atoms with Crippen molar-refractivity contribution in [2.45, 2.75) is 31.7 Å². The molecule has 1 atom stereocenters. The highest BCUT2D eigenvalue weighted by Gasteiger charge is 2.24. The minimum Gasteiger partial charge on any atom is -0.497 e. The molecule has 1 unspecified atom stereocenters. The number of furan rings is 1. The van der Waals surface area contributed by atoms with Crippen molar-refractivity contribution in [2.75, 3.05) is 7.11 Å². The Morgan fingerprint density at radius 1 is 1.42 bits per heavy atom. The van der Waals surface area contributed by atoms with Crippen LogP contribution in [0.3, 0.4) is 0 Å². The topological polar surface area (TPSA) is 67.3 Å². The van der Waals surface area contributed by atoms with Crippen molar-refractivity contribution in [3.05, 3.63) is 53.6 Å². The third kappa shape index (κ3) is 2.66. The maximum Gasteiger partial charge on any atom is 0.224 e. The van der Waals surface area contributed by atoms with Crippen LogP contribution in [0.4, 0.5) is 0 Å². The van der Waals surface area contributed by atoms with E-state index in [2.05, 4.69) is 10.3 Å². The molecule has 1 aliphatic carbocycles. The van der Waals surface area contributed by atoms with Crippen LogP contribution >= 0.6 is 0 Å². The van der Waals surface area contributed by atoms with Gasteiger partial charge in [0.05, 0.1) is 25.8 Å². The standard InChI is InChI=1S/C19H20N2O3/c1-23-13-5-6-16-15(10-13)12(11-20-16)9-19(22)21-17-3-2-4-18-14(17)7-8-24-18/h5-8,10-11,17,20H,2-4,9H2,1H3,(H,21,22). The van der Waals surface area contributed by atoms with Gasteiger partial charge in [-0.15, -0.1) is 0 Å². The van der Waals surface area contributed by atoms with Crippen molar-refractivity contribution >= 4 is 16.8 Å². The van der Waals surface area contributed by atoms with E-state index in [4.69, 9.17) is 9.15 Å². The molecule has 1 aromatic carbocycles. The molecule has 1 amide bonds. The molecule has 1 aliphatic rings. The second kappa shape index (κ2) is 6.07. The molecule has 0 saturated heterocycles. The van der Waals surface area contributed by atoms with Crippen LogP contribution in [0.5, 0.6) is 5.75 Å². The van der Waals surface area contributed by atoms with Gasteiger partial charge in [0, 0.05) is 29.1 Å². The molecule has 0 saturated carbocycles. The fourth-order valence-electron chi connectivity index (χ4n) is 3.49. The number of fused-ring (bicyclic) bond motifs is 2. The average Bonchev–Trinajstić information content (AvgIpc) is 3.22. The zero-order chi connectivity index (χ0) is 16.5. The molecule has 5 heteroatoms. The highest BCUT2D eigenvalue weighted by Crippen LogP contribution is 2.30. The van der Waals surface area contributed by atoms with Crippen LogP contribution in [0.1, 0.15) is 35.8 Å². The first-order valence-corrected chi connectivity index (χ1v) is 8.24. The number of nitrogens with one attached hydrogen (secondary N) is 2. The number of hydrogen-bond donors (Lipinski definition) is 2. The van der Waals surface area contributed by atoms with Crippen molar-refractivity contribution in [1.82, 2.24) is 10.3 Å². The van der Waals surface area contributed by atoms with Gasteiger partial charge in [0.25, 0.3) is 0 Å². The molecule has 2 N–H and O–H groups in total. The number of aromatic nitrogens is 1. The fraction of sp³-hybridized carbons (Fsp3) is 0.316. The Labute approximate surface area is 140 Å². The quantitative estimate of drug-likeness (QED) is 0.772. The molecule has 24 heavy (non-hydrogen) atoms. The van der Waals surface area contributed by atoms with Gasteiger partial charge in [-0.2, -0.15) is 0 Å². The highest BCUT2D eigenvalue weighted by atomic mass is 16.5. The van der Waals surface area contributed by atoms with Gasteiger partial charge in [-0.3, -0.25) is 4.79 Å². The number of benzene rings is 1. The van der Waals surface area contributed by atoms with Crippen LogP contribution in [0.15, 0.2) is 41.1 Å². The van der Waals surface area contributed by atoms with E-state index in [-0.39, 0.29) is 11.9 Å². The normalized spacial score (nSPS) is 16.8. The number of methoxy groups -OCH3 is 1. The zero-order valence-electron chi connectivity index (χ0n) is 13.6. The van der Waals surface area contributed by atoms with E-state index < -0.39 is 0 Å². The number of carbonyl (C=O) groups is 1. The smallest absolute Gasteiger partial charge is 0.224 e. The summed E-state index contributed by atoms with van der Waals surface area (Å²) in [6.45, 7) is 0. The van der Waals surface area contributed by atoms with Gasteiger partial charge >= 0.3 is 0 Å². The minimum atomic E-state index is 0.0257. The van der Waals surface area contributed by atoms with Crippen LogP contribution in [-0.2, 0) is 17.6 Å². The van der Waals surface area contributed by atoms with Crippen LogP contribution in [0.25, 0.3) is 10.9 Å². The van der Waals surface area contributed by atoms with Crippen molar-refractivity contribution in [1.29, 1.82) is 0 Å². The average molecular weight is 324 g/mol. The summed E-state index contributed by atoms with van der Waals surface area (Å²) in [7, 11) is 1.64. The third-order valence-corrected chi connectivity index (χ3v) is 4.71. The Morgan fingerprint density at radius 3 is 3.21 bits per heavy atom. The Hall–Kier alpha value is -2.69. The third-order valence-electron chi connectivity index (χ3n) is 4.71. The summed E-state index contributed by atoms with van der Waals surface area (Å²) in [6, 6.07) is 7.86. The Balaban J connectivity index is 1.51. The molecular weight excluding hydrogens is 304 g/mol. The van der Waals surface area contributed by atoms with Gasteiger partial charge in [0.15, 0.2) is 0 Å². The summed E-state index contributed by atoms with van der Waals surface area (Å²) in [5.74, 6) is 1.82. The number of rotatable bonds is 4. The van der Waals surface area contributed by atoms with E-state index in [1.807, 2.05) is 30.5 Å². The molecule has 2 aromatic heterocycles. The minimum absolute atomic E-state index is 0.0257. The summed E-state index contributed by atoms with van der Waals surface area (Å²) in [6.07, 6.45) is 6.90. The Morgan fingerprint density at radius 2 is 2.33 bits per heavy atom. The Kier molecular flexibility index (Phi) is 3.76. The second-order valence-corrected chi connectivity index (χ2v) is 6.21. The number of aryl methyl sites for hydroxylation is 1. The van der Waals surface area contributed by atoms with Crippen LogP contribution < -0.4 is 10.1 Å². The molecule has 0 fully saturated rings. The molecular formula is C19H20N2O3.